The zero-order chi connectivity index (χ0) is 21.0. The Labute approximate surface area is 175 Å². The van der Waals surface area contributed by atoms with Gasteiger partial charge in [-0.15, -0.1) is 11.3 Å². The fourth-order valence-corrected chi connectivity index (χ4v) is 4.17. The maximum absolute atomic E-state index is 13.1. The molecule has 1 aromatic carbocycles. The molecule has 0 bridgehead atoms. The number of benzene rings is 1. The number of rotatable bonds is 9. The van der Waals surface area contributed by atoms with E-state index in [2.05, 4.69) is 6.92 Å². The van der Waals surface area contributed by atoms with Crippen molar-refractivity contribution in [1.82, 2.24) is 4.90 Å². The number of aliphatic hydroxyl groups is 1. The Morgan fingerprint density at radius 3 is 2.55 bits per heavy atom. The zero-order valence-electron chi connectivity index (χ0n) is 17.1. The predicted octanol–water partition coefficient (Wildman–Crippen LogP) is 4.70. The number of amides is 1. The largest absolute Gasteiger partial charge is 0.503 e. The third-order valence-electron chi connectivity index (χ3n) is 4.99. The van der Waals surface area contributed by atoms with Gasteiger partial charge in [-0.3, -0.25) is 9.59 Å². The van der Waals surface area contributed by atoms with Crippen LogP contribution < -0.4 is 0 Å². The number of hydrogen-bond donors (Lipinski definition) is 1. The van der Waals surface area contributed by atoms with Crippen molar-refractivity contribution in [3.63, 3.8) is 0 Å². The molecule has 154 valence electrons. The Morgan fingerprint density at radius 1 is 1.24 bits per heavy atom. The summed E-state index contributed by atoms with van der Waals surface area (Å²) in [5.74, 6) is -1.24. The zero-order valence-corrected chi connectivity index (χ0v) is 17.9. The van der Waals surface area contributed by atoms with Gasteiger partial charge in [0.2, 0.25) is 5.78 Å². The minimum Gasteiger partial charge on any atom is -0.503 e. The van der Waals surface area contributed by atoms with Crippen LogP contribution in [0.5, 0.6) is 0 Å². The molecule has 6 heteroatoms. The van der Waals surface area contributed by atoms with Crippen molar-refractivity contribution in [3.8, 4) is 0 Å². The molecular weight excluding hydrogens is 386 g/mol. The Hall–Kier alpha value is -2.44. The fourth-order valence-electron chi connectivity index (χ4n) is 3.49. The monoisotopic (exact) mass is 413 g/mol. The third-order valence-corrected chi connectivity index (χ3v) is 5.86. The highest BCUT2D eigenvalue weighted by Gasteiger charge is 2.43. The summed E-state index contributed by atoms with van der Waals surface area (Å²) in [4.78, 5) is 28.1. The van der Waals surface area contributed by atoms with Gasteiger partial charge in [-0.1, -0.05) is 37.3 Å². The van der Waals surface area contributed by atoms with Gasteiger partial charge in [0.15, 0.2) is 5.76 Å². The molecule has 3 rings (SSSR count). The normalized spacial score (nSPS) is 16.9. The van der Waals surface area contributed by atoms with Crippen molar-refractivity contribution < 1.29 is 19.4 Å². The lowest BCUT2D eigenvalue weighted by Gasteiger charge is -2.27. The lowest BCUT2D eigenvalue weighted by molar-refractivity contribution is -0.129. The maximum atomic E-state index is 13.1. The highest BCUT2D eigenvalue weighted by Crippen LogP contribution is 2.39. The average Bonchev–Trinajstić information content (AvgIpc) is 3.33. The number of ether oxygens (including phenoxy) is 1. The SMILES string of the molecule is CCc1ccc([C@@H]2C(C(=O)c3cccs3)=C(O)C(=O)N2CCCOC(C)C)cc1. The number of Topliss-reactive ketones (excluding diaryl/α,β-unsaturated/α-hetero) is 1. The molecule has 2 aromatic rings. The van der Waals surface area contributed by atoms with Crippen LogP contribution in [0.1, 0.15) is 54.0 Å². The summed E-state index contributed by atoms with van der Waals surface area (Å²) in [7, 11) is 0. The molecule has 1 aliphatic rings. The van der Waals surface area contributed by atoms with E-state index >= 15 is 0 Å². The highest BCUT2D eigenvalue weighted by atomic mass is 32.1. The number of hydrogen-bond acceptors (Lipinski definition) is 5. The first-order chi connectivity index (χ1) is 13.9. The number of thiophene rings is 1. The summed E-state index contributed by atoms with van der Waals surface area (Å²) in [6.07, 6.45) is 1.65. The highest BCUT2D eigenvalue weighted by molar-refractivity contribution is 7.12. The molecule has 0 saturated heterocycles. The number of carbonyl (C=O) groups is 2. The van der Waals surface area contributed by atoms with Gasteiger partial charge in [0.25, 0.3) is 5.91 Å². The molecule has 0 fully saturated rings. The molecule has 29 heavy (non-hydrogen) atoms. The lowest BCUT2D eigenvalue weighted by atomic mass is 9.94. The Morgan fingerprint density at radius 2 is 1.97 bits per heavy atom. The van der Waals surface area contributed by atoms with Gasteiger partial charge in [0, 0.05) is 13.2 Å². The van der Waals surface area contributed by atoms with Crippen LogP contribution >= 0.6 is 11.3 Å². The Bertz CT molecular complexity index is 884. The quantitative estimate of drug-likeness (QED) is 0.478. The van der Waals surface area contributed by atoms with E-state index in [0.29, 0.717) is 24.4 Å². The van der Waals surface area contributed by atoms with E-state index < -0.39 is 17.7 Å². The molecule has 0 unspecified atom stereocenters. The number of ketones is 1. The Kier molecular flexibility index (Phi) is 6.87. The van der Waals surface area contributed by atoms with Crippen molar-refractivity contribution in [2.24, 2.45) is 0 Å². The number of aliphatic hydroxyl groups excluding tert-OH is 1. The molecule has 1 amide bonds. The van der Waals surface area contributed by atoms with Gasteiger partial charge in [-0.2, -0.15) is 0 Å². The van der Waals surface area contributed by atoms with E-state index in [4.69, 9.17) is 4.74 Å². The number of aryl methyl sites for hydroxylation is 1. The van der Waals surface area contributed by atoms with E-state index in [1.54, 1.807) is 17.0 Å². The van der Waals surface area contributed by atoms with E-state index in [1.165, 1.54) is 16.9 Å². The van der Waals surface area contributed by atoms with Crippen molar-refractivity contribution in [3.05, 3.63) is 69.1 Å². The van der Waals surface area contributed by atoms with Crippen LogP contribution in [0.3, 0.4) is 0 Å². The molecule has 0 radical (unpaired) electrons. The Balaban J connectivity index is 1.93. The van der Waals surface area contributed by atoms with E-state index in [-0.39, 0.29) is 17.5 Å². The lowest BCUT2D eigenvalue weighted by Crippen LogP contribution is -2.32. The van der Waals surface area contributed by atoms with Crippen LogP contribution in [0, 0.1) is 0 Å². The molecule has 0 saturated carbocycles. The second kappa shape index (κ2) is 9.37. The van der Waals surface area contributed by atoms with Crippen LogP contribution in [0.2, 0.25) is 0 Å². The van der Waals surface area contributed by atoms with Crippen LogP contribution in [0.15, 0.2) is 53.1 Å². The molecule has 0 aliphatic carbocycles. The first-order valence-electron chi connectivity index (χ1n) is 9.96. The molecular formula is C23H27NO4S. The van der Waals surface area contributed by atoms with Crippen molar-refractivity contribution in [2.45, 2.75) is 45.8 Å². The van der Waals surface area contributed by atoms with E-state index in [9.17, 15) is 14.7 Å². The van der Waals surface area contributed by atoms with Crippen molar-refractivity contribution >= 4 is 23.0 Å². The van der Waals surface area contributed by atoms with Gasteiger partial charge in [0.05, 0.1) is 22.6 Å². The molecule has 2 heterocycles. The molecule has 1 atom stereocenters. The fraction of sp³-hybridized carbons (Fsp3) is 0.391. The van der Waals surface area contributed by atoms with Gasteiger partial charge in [-0.25, -0.2) is 0 Å². The summed E-state index contributed by atoms with van der Waals surface area (Å²) in [6, 6.07) is 10.8. The maximum Gasteiger partial charge on any atom is 0.290 e. The summed E-state index contributed by atoms with van der Waals surface area (Å²) >= 11 is 1.31. The van der Waals surface area contributed by atoms with E-state index in [0.717, 1.165) is 12.0 Å². The van der Waals surface area contributed by atoms with Crippen LogP contribution in [0.4, 0.5) is 0 Å². The smallest absolute Gasteiger partial charge is 0.290 e. The second-order valence-electron chi connectivity index (χ2n) is 7.34. The van der Waals surface area contributed by atoms with Gasteiger partial charge in [0.1, 0.15) is 0 Å². The topological polar surface area (TPSA) is 66.8 Å². The van der Waals surface area contributed by atoms with Gasteiger partial charge < -0.3 is 14.7 Å². The molecule has 1 aliphatic heterocycles. The van der Waals surface area contributed by atoms with Crippen molar-refractivity contribution in [1.29, 1.82) is 0 Å². The van der Waals surface area contributed by atoms with Crippen molar-refractivity contribution in [2.75, 3.05) is 13.2 Å². The summed E-state index contributed by atoms with van der Waals surface area (Å²) in [5.41, 5.74) is 2.16. The van der Waals surface area contributed by atoms with Crippen LogP contribution in [0.25, 0.3) is 0 Å². The van der Waals surface area contributed by atoms with Crippen LogP contribution in [-0.2, 0) is 16.0 Å². The minimum atomic E-state index is -0.595. The van der Waals surface area contributed by atoms with Gasteiger partial charge in [-0.05, 0) is 49.3 Å². The summed E-state index contributed by atoms with van der Waals surface area (Å²) in [6.45, 7) is 6.91. The first kappa shape index (κ1) is 21.3. The average molecular weight is 414 g/mol. The summed E-state index contributed by atoms with van der Waals surface area (Å²) < 4.78 is 5.59. The molecule has 1 aromatic heterocycles. The minimum absolute atomic E-state index is 0.115. The number of carbonyl (C=O) groups excluding carboxylic acids is 2. The van der Waals surface area contributed by atoms with Crippen LogP contribution in [-0.4, -0.2) is 41.0 Å². The van der Waals surface area contributed by atoms with Gasteiger partial charge >= 0.3 is 0 Å². The third kappa shape index (κ3) is 4.60. The summed E-state index contributed by atoms with van der Waals surface area (Å²) in [5, 5.41) is 12.4. The molecule has 0 spiro atoms. The molecule has 5 nitrogen and oxygen atoms in total. The standard InChI is InChI=1S/C23H27NO4S/c1-4-16-8-10-17(11-9-16)20-19(21(25)18-7-5-14-29-18)22(26)23(27)24(20)12-6-13-28-15(2)3/h5,7-11,14-15,20,26H,4,6,12-13H2,1-3H3/t20-/m1/s1. The first-order valence-corrected chi connectivity index (χ1v) is 10.8. The second-order valence-corrected chi connectivity index (χ2v) is 8.29. The van der Waals surface area contributed by atoms with E-state index in [1.807, 2.05) is 43.5 Å². The molecule has 1 N–H and O–H groups in total. The number of nitrogens with zero attached hydrogens (tertiary/aromatic N) is 1. The predicted molar refractivity (Wildman–Crippen MR) is 114 cm³/mol.